The van der Waals surface area contributed by atoms with Gasteiger partial charge in [-0.3, -0.25) is 0 Å². The summed E-state index contributed by atoms with van der Waals surface area (Å²) in [5, 5.41) is 0.0716. The van der Waals surface area contributed by atoms with E-state index in [1.54, 1.807) is 6.07 Å². The Morgan fingerprint density at radius 3 is 1.53 bits per heavy atom. The number of hydrogen-bond donors (Lipinski definition) is 0. The highest BCUT2D eigenvalue weighted by atomic mass is 19.4. The molecule has 0 aliphatic heterocycles. The van der Waals surface area contributed by atoms with Crippen molar-refractivity contribution in [2.75, 3.05) is 0 Å². The smallest absolute Gasteiger partial charge is 0.429 e. The van der Waals surface area contributed by atoms with Crippen LogP contribution in [0, 0.1) is 46.5 Å². The van der Waals surface area contributed by atoms with Crippen LogP contribution in [0.3, 0.4) is 0 Å². The largest absolute Gasteiger partial charge is 0.527 e. The molecule has 0 fully saturated rings. The topological polar surface area (TPSA) is 18.5 Å². The van der Waals surface area contributed by atoms with Gasteiger partial charge in [-0.1, -0.05) is 31.5 Å². The van der Waals surface area contributed by atoms with E-state index in [4.69, 9.17) is 0 Å². The number of fused-ring (bicyclic) bond motifs is 1. The van der Waals surface area contributed by atoms with Crippen molar-refractivity contribution in [2.24, 2.45) is 0 Å². The Hall–Kier alpha value is -4.93. The number of aryl methyl sites for hydroxylation is 1. The summed E-state index contributed by atoms with van der Waals surface area (Å²) < 4.78 is 219. The number of halogens is 15. The molecule has 270 valence electrons. The van der Waals surface area contributed by atoms with Crippen molar-refractivity contribution in [3.63, 3.8) is 0 Å². The van der Waals surface area contributed by atoms with Crippen molar-refractivity contribution < 1.29 is 75.3 Å². The molecule has 0 saturated heterocycles. The zero-order valence-corrected chi connectivity index (χ0v) is 25.2. The average molecular weight is 742 g/mol. The maximum absolute atomic E-state index is 15.4. The molecular formula is C34H17F15O2. The molecule has 51 heavy (non-hydrogen) atoms. The van der Waals surface area contributed by atoms with Crippen LogP contribution >= 0.6 is 0 Å². The maximum Gasteiger partial charge on any atom is 0.527 e. The summed E-state index contributed by atoms with van der Waals surface area (Å²) in [5.41, 5.74) is -8.02. The monoisotopic (exact) mass is 742 g/mol. The Labute approximate surface area is 276 Å². The summed E-state index contributed by atoms with van der Waals surface area (Å²) in [4.78, 5) is 0. The van der Waals surface area contributed by atoms with Gasteiger partial charge in [-0.2, -0.15) is 17.6 Å². The minimum Gasteiger partial charge on any atom is -0.429 e. The average Bonchev–Trinajstić information content (AvgIpc) is 2.94. The summed E-state index contributed by atoms with van der Waals surface area (Å²) >= 11 is 0. The van der Waals surface area contributed by atoms with Gasteiger partial charge >= 0.3 is 18.6 Å². The van der Waals surface area contributed by atoms with Gasteiger partial charge in [0.2, 0.25) is 0 Å². The lowest BCUT2D eigenvalue weighted by atomic mass is 9.94. The van der Waals surface area contributed by atoms with Crippen molar-refractivity contribution in [3.8, 4) is 28.0 Å². The minimum atomic E-state index is -6.11. The molecule has 0 bridgehead atoms. The molecular weight excluding hydrogens is 725 g/mol. The van der Waals surface area contributed by atoms with Crippen LogP contribution in [0.1, 0.15) is 30.0 Å². The van der Waals surface area contributed by atoms with Gasteiger partial charge in [0.15, 0.2) is 0 Å². The van der Waals surface area contributed by atoms with Gasteiger partial charge in [-0.15, -0.1) is 13.2 Å². The molecule has 5 aromatic carbocycles. The highest BCUT2D eigenvalue weighted by Crippen LogP contribution is 2.43. The van der Waals surface area contributed by atoms with Crippen LogP contribution in [0.2, 0.25) is 0 Å². The fourth-order valence-corrected chi connectivity index (χ4v) is 5.36. The summed E-state index contributed by atoms with van der Waals surface area (Å²) in [5.74, 6) is -17.1. The molecule has 5 rings (SSSR count). The summed E-state index contributed by atoms with van der Waals surface area (Å²) in [7, 11) is 0. The predicted octanol–water partition coefficient (Wildman–Crippen LogP) is 12.0. The maximum atomic E-state index is 15.4. The highest BCUT2D eigenvalue weighted by molar-refractivity contribution is 5.89. The first-order valence-corrected chi connectivity index (χ1v) is 14.2. The standard InChI is InChI=1S/C34H17F15O2/c1-2-3-14-4-5-19-15(6-14)7-22(37)28(31(19)42)17-8-20(35)27(21(36)9-17)16-10-23(38)29(24(39)11-16)32(43,44)50-18-12-25(40)30(26(41)13-18)33(45,46)51-34(47,48)49/h4-13H,2-3H2,1H3. The van der Waals surface area contributed by atoms with Crippen LogP contribution in [-0.2, 0) is 23.4 Å². The Kier molecular flexibility index (Phi) is 9.75. The van der Waals surface area contributed by atoms with Crippen molar-refractivity contribution in [1.82, 2.24) is 0 Å². The van der Waals surface area contributed by atoms with Crippen LogP contribution < -0.4 is 4.74 Å². The van der Waals surface area contributed by atoms with Gasteiger partial charge in [-0.25, -0.2) is 39.9 Å². The van der Waals surface area contributed by atoms with E-state index in [0.717, 1.165) is 18.1 Å². The first-order valence-electron chi connectivity index (χ1n) is 14.2. The fraction of sp³-hybridized carbons (Fsp3) is 0.176. The highest BCUT2D eigenvalue weighted by Gasteiger charge is 2.50. The van der Waals surface area contributed by atoms with Crippen LogP contribution in [0.25, 0.3) is 33.0 Å². The Bertz CT molecular complexity index is 2090. The van der Waals surface area contributed by atoms with Gasteiger partial charge in [0, 0.05) is 17.5 Å². The lowest BCUT2D eigenvalue weighted by Gasteiger charge is -2.22. The SMILES string of the molecule is CCCc1ccc2c(F)c(-c3cc(F)c(-c4cc(F)c(C(F)(F)Oc5cc(F)c(C(F)(F)OC(F)(F)F)c(F)c5)c(F)c4)c(F)c3)c(F)cc2c1. The summed E-state index contributed by atoms with van der Waals surface area (Å²) in [6, 6.07) is 5.31. The third-order valence-corrected chi connectivity index (χ3v) is 7.38. The van der Waals surface area contributed by atoms with E-state index in [-0.39, 0.29) is 22.9 Å². The first-order chi connectivity index (χ1) is 23.6. The van der Waals surface area contributed by atoms with E-state index in [1.807, 2.05) is 6.92 Å². The molecule has 0 aliphatic rings. The first kappa shape index (κ1) is 37.3. The molecule has 0 N–H and O–H groups in total. The van der Waals surface area contributed by atoms with E-state index < -0.39 is 116 Å². The quantitative estimate of drug-likeness (QED) is 0.140. The summed E-state index contributed by atoms with van der Waals surface area (Å²) in [6.07, 6.45) is -15.7. The van der Waals surface area contributed by atoms with Gasteiger partial charge in [0.1, 0.15) is 63.4 Å². The van der Waals surface area contributed by atoms with Crippen LogP contribution in [0.15, 0.2) is 60.7 Å². The molecule has 5 aromatic rings. The van der Waals surface area contributed by atoms with E-state index in [2.05, 4.69) is 9.47 Å². The fourth-order valence-electron chi connectivity index (χ4n) is 5.36. The van der Waals surface area contributed by atoms with Crippen molar-refractivity contribution >= 4 is 10.8 Å². The summed E-state index contributed by atoms with van der Waals surface area (Å²) in [6.45, 7) is 1.89. The lowest BCUT2D eigenvalue weighted by Crippen LogP contribution is -2.30. The van der Waals surface area contributed by atoms with Crippen molar-refractivity contribution in [1.29, 1.82) is 0 Å². The van der Waals surface area contributed by atoms with Gasteiger partial charge in [0.05, 0.1) is 11.1 Å². The molecule has 0 saturated carbocycles. The molecule has 0 aromatic heterocycles. The second kappa shape index (κ2) is 13.3. The Morgan fingerprint density at radius 1 is 0.529 bits per heavy atom. The van der Waals surface area contributed by atoms with Gasteiger partial charge < -0.3 is 4.74 Å². The number of benzene rings is 5. The Balaban J connectivity index is 1.48. The van der Waals surface area contributed by atoms with E-state index in [0.29, 0.717) is 18.6 Å². The molecule has 17 heteroatoms. The molecule has 0 heterocycles. The molecule has 0 unspecified atom stereocenters. The van der Waals surface area contributed by atoms with E-state index in [1.165, 1.54) is 12.1 Å². The molecule has 0 radical (unpaired) electrons. The van der Waals surface area contributed by atoms with Crippen LogP contribution in [0.5, 0.6) is 5.75 Å². The zero-order valence-electron chi connectivity index (χ0n) is 25.2. The minimum absolute atomic E-state index is 0.0127. The zero-order chi connectivity index (χ0) is 37.8. The van der Waals surface area contributed by atoms with Gasteiger partial charge in [-0.05, 0) is 58.8 Å². The Morgan fingerprint density at radius 2 is 1.00 bits per heavy atom. The molecule has 0 spiro atoms. The van der Waals surface area contributed by atoms with Crippen LogP contribution in [0.4, 0.5) is 65.9 Å². The predicted molar refractivity (Wildman–Crippen MR) is 150 cm³/mol. The van der Waals surface area contributed by atoms with Gasteiger partial charge in [0.25, 0.3) is 0 Å². The van der Waals surface area contributed by atoms with E-state index in [9.17, 15) is 48.3 Å². The number of alkyl halides is 7. The molecule has 0 atom stereocenters. The van der Waals surface area contributed by atoms with Crippen LogP contribution in [-0.4, -0.2) is 6.36 Å². The molecule has 2 nitrogen and oxygen atoms in total. The molecule has 0 aliphatic carbocycles. The lowest BCUT2D eigenvalue weighted by molar-refractivity contribution is -0.432. The second-order valence-electron chi connectivity index (χ2n) is 10.9. The number of ether oxygens (including phenoxy) is 2. The number of hydrogen-bond acceptors (Lipinski definition) is 2. The van der Waals surface area contributed by atoms with Crippen molar-refractivity contribution in [3.05, 3.63) is 124 Å². The number of rotatable bonds is 9. The molecule has 0 amide bonds. The third-order valence-electron chi connectivity index (χ3n) is 7.38. The van der Waals surface area contributed by atoms with E-state index >= 15 is 17.6 Å². The normalized spacial score (nSPS) is 12.5. The third kappa shape index (κ3) is 7.43. The van der Waals surface area contributed by atoms with Crippen molar-refractivity contribution in [2.45, 2.75) is 38.3 Å². The second-order valence-corrected chi connectivity index (χ2v) is 10.9.